The Morgan fingerprint density at radius 3 is 2.51 bits per heavy atom. The zero-order valence-corrected chi connectivity index (χ0v) is 20.5. The van der Waals surface area contributed by atoms with E-state index in [-0.39, 0.29) is 10.9 Å². The van der Waals surface area contributed by atoms with Crippen molar-refractivity contribution in [1.29, 1.82) is 0 Å². The average Bonchev–Trinajstić information content (AvgIpc) is 3.50. The van der Waals surface area contributed by atoms with Crippen LogP contribution >= 0.6 is 23.8 Å². The minimum Gasteiger partial charge on any atom is -0.451 e. The Labute approximate surface area is 211 Å². The van der Waals surface area contributed by atoms with Gasteiger partial charge in [0.15, 0.2) is 16.5 Å². The molecule has 35 heavy (non-hydrogen) atoms. The highest BCUT2D eigenvalue weighted by molar-refractivity contribution is 7.80. The Morgan fingerprint density at radius 1 is 0.914 bits per heavy atom. The summed E-state index contributed by atoms with van der Waals surface area (Å²) in [5.74, 6) is 0.735. The number of furan rings is 1. The molecule has 0 radical (unpaired) electrons. The number of benzene rings is 3. The minimum absolute atomic E-state index is 0.0794. The number of para-hydroxylation sites is 2. The summed E-state index contributed by atoms with van der Waals surface area (Å²) >= 11 is 11.7. The molecule has 0 spiro atoms. The summed E-state index contributed by atoms with van der Waals surface area (Å²) in [6.07, 6.45) is 0. The van der Waals surface area contributed by atoms with Crippen LogP contribution in [0.2, 0.25) is 5.02 Å². The molecule has 0 saturated heterocycles. The van der Waals surface area contributed by atoms with Crippen molar-refractivity contribution in [3.05, 3.63) is 94.7 Å². The van der Waals surface area contributed by atoms with Crippen molar-refractivity contribution >= 4 is 51.6 Å². The lowest BCUT2D eigenvalue weighted by Crippen LogP contribution is -2.34. The number of hydrogen-bond acceptors (Lipinski definition) is 5. The first-order valence-electron chi connectivity index (χ1n) is 10.8. The summed E-state index contributed by atoms with van der Waals surface area (Å²) in [6, 6.07) is 22.2. The number of thiocarbonyl (C=S) groups is 1. The number of halogens is 1. The molecule has 8 heteroatoms. The quantitative estimate of drug-likeness (QED) is 0.254. The fourth-order valence-corrected chi connectivity index (χ4v) is 3.95. The number of fused-ring (bicyclic) bond motifs is 1. The van der Waals surface area contributed by atoms with Crippen LogP contribution < -0.4 is 10.6 Å². The highest BCUT2D eigenvalue weighted by Gasteiger charge is 2.16. The monoisotopic (exact) mass is 501 g/mol. The van der Waals surface area contributed by atoms with Gasteiger partial charge in [0.1, 0.15) is 11.3 Å². The van der Waals surface area contributed by atoms with E-state index in [1.54, 1.807) is 30.3 Å². The number of amides is 1. The Morgan fingerprint density at radius 2 is 1.71 bits per heavy atom. The highest BCUT2D eigenvalue weighted by atomic mass is 35.5. The number of anilines is 1. The van der Waals surface area contributed by atoms with Crippen LogP contribution in [0.25, 0.3) is 33.9 Å². The molecule has 174 valence electrons. The normalized spacial score (nSPS) is 10.9. The summed E-state index contributed by atoms with van der Waals surface area (Å²) in [6.45, 7) is 4.08. The average molecular weight is 502 g/mol. The molecule has 0 aliphatic rings. The Bertz CT molecular complexity index is 1550. The fourth-order valence-electron chi connectivity index (χ4n) is 3.58. The number of hydrogen-bond donors (Lipinski definition) is 2. The zero-order valence-electron chi connectivity index (χ0n) is 18.9. The molecule has 5 rings (SSSR count). The second kappa shape index (κ2) is 9.37. The predicted molar refractivity (Wildman–Crippen MR) is 142 cm³/mol. The highest BCUT2D eigenvalue weighted by Crippen LogP contribution is 2.30. The van der Waals surface area contributed by atoms with Gasteiger partial charge in [-0.1, -0.05) is 35.9 Å². The molecule has 0 saturated carbocycles. The smallest absolute Gasteiger partial charge is 0.293 e. The van der Waals surface area contributed by atoms with Crippen molar-refractivity contribution in [2.24, 2.45) is 0 Å². The molecule has 2 heterocycles. The number of aryl methyl sites for hydroxylation is 2. The van der Waals surface area contributed by atoms with Gasteiger partial charge < -0.3 is 14.2 Å². The molecule has 5 aromatic rings. The molecule has 0 fully saturated rings. The Balaban J connectivity index is 1.29. The number of aromatic nitrogens is 1. The van der Waals surface area contributed by atoms with Crippen LogP contribution in [0.3, 0.4) is 0 Å². The maximum Gasteiger partial charge on any atom is 0.293 e. The van der Waals surface area contributed by atoms with E-state index in [2.05, 4.69) is 15.6 Å². The third kappa shape index (κ3) is 4.82. The van der Waals surface area contributed by atoms with Crippen molar-refractivity contribution in [3.8, 4) is 22.8 Å². The van der Waals surface area contributed by atoms with E-state index in [0.29, 0.717) is 33.5 Å². The zero-order chi connectivity index (χ0) is 24.5. The van der Waals surface area contributed by atoms with Crippen LogP contribution in [0.1, 0.15) is 21.7 Å². The molecular weight excluding hydrogens is 482 g/mol. The van der Waals surface area contributed by atoms with Crippen molar-refractivity contribution < 1.29 is 13.6 Å². The van der Waals surface area contributed by atoms with Gasteiger partial charge in [-0.3, -0.25) is 10.1 Å². The van der Waals surface area contributed by atoms with Crippen molar-refractivity contribution in [3.63, 3.8) is 0 Å². The number of oxazole rings is 1. The molecular formula is C27H20ClN3O3S. The van der Waals surface area contributed by atoms with Gasteiger partial charge in [-0.05, 0) is 85.7 Å². The van der Waals surface area contributed by atoms with Gasteiger partial charge in [0.25, 0.3) is 5.91 Å². The molecule has 0 aliphatic carbocycles. The summed E-state index contributed by atoms with van der Waals surface area (Å²) in [7, 11) is 0. The van der Waals surface area contributed by atoms with Crippen LogP contribution in [0.4, 0.5) is 5.69 Å². The molecule has 2 N–H and O–H groups in total. The lowest BCUT2D eigenvalue weighted by molar-refractivity contribution is 0.0951. The third-order valence-electron chi connectivity index (χ3n) is 5.60. The van der Waals surface area contributed by atoms with Crippen molar-refractivity contribution in [2.75, 3.05) is 5.32 Å². The number of carbonyl (C=O) groups is 1. The van der Waals surface area contributed by atoms with Crippen molar-refractivity contribution in [2.45, 2.75) is 13.8 Å². The van der Waals surface area contributed by atoms with Crippen LogP contribution in [0, 0.1) is 13.8 Å². The first-order chi connectivity index (χ1) is 16.9. The maximum absolute atomic E-state index is 12.7. The van der Waals surface area contributed by atoms with Gasteiger partial charge in [-0.15, -0.1) is 0 Å². The summed E-state index contributed by atoms with van der Waals surface area (Å²) in [5.41, 5.74) is 5.90. The van der Waals surface area contributed by atoms with E-state index >= 15 is 0 Å². The van der Waals surface area contributed by atoms with Crippen LogP contribution in [0.5, 0.6) is 0 Å². The van der Waals surface area contributed by atoms with Gasteiger partial charge >= 0.3 is 0 Å². The van der Waals surface area contributed by atoms with Crippen LogP contribution in [-0.4, -0.2) is 16.0 Å². The summed E-state index contributed by atoms with van der Waals surface area (Å²) in [5, 5.41) is 6.10. The number of nitrogens with one attached hydrogen (secondary N) is 2. The number of nitrogens with zero attached hydrogens (tertiary/aromatic N) is 1. The molecule has 0 aliphatic heterocycles. The van der Waals surface area contributed by atoms with Gasteiger partial charge in [-0.25, -0.2) is 4.98 Å². The SMILES string of the molecule is Cc1ccc(-c2ccc(C(=O)NC(=S)Nc3cc(-c4nc5ccccc5o4)ccc3Cl)o2)cc1C. The van der Waals surface area contributed by atoms with Crippen LogP contribution in [-0.2, 0) is 0 Å². The van der Waals surface area contributed by atoms with Gasteiger partial charge in [0, 0.05) is 11.1 Å². The fraction of sp³-hybridized carbons (Fsp3) is 0.0741. The van der Waals surface area contributed by atoms with Gasteiger partial charge in [0.2, 0.25) is 5.89 Å². The summed E-state index contributed by atoms with van der Waals surface area (Å²) in [4.78, 5) is 17.2. The van der Waals surface area contributed by atoms with E-state index in [9.17, 15) is 4.79 Å². The molecule has 0 bridgehead atoms. The maximum atomic E-state index is 12.7. The largest absolute Gasteiger partial charge is 0.451 e. The standard InChI is InChI=1S/C27H20ClN3O3S/c1-15-7-8-17(13-16(15)2)22-11-12-24(33-22)25(32)31-27(35)30-21-14-18(9-10-19(21)28)26-29-20-5-3-4-6-23(20)34-26/h3-14H,1-2H3,(H2,30,31,32,35). The molecule has 0 unspecified atom stereocenters. The summed E-state index contributed by atoms with van der Waals surface area (Å²) < 4.78 is 11.6. The van der Waals surface area contributed by atoms with Crippen LogP contribution in [0.15, 0.2) is 81.6 Å². The predicted octanol–water partition coefficient (Wildman–Crippen LogP) is 7.15. The first kappa shape index (κ1) is 22.8. The van der Waals surface area contributed by atoms with E-state index in [0.717, 1.165) is 16.6 Å². The molecule has 2 aromatic heterocycles. The van der Waals surface area contributed by atoms with Crippen molar-refractivity contribution in [1.82, 2.24) is 10.3 Å². The van der Waals surface area contributed by atoms with E-state index in [1.807, 2.05) is 56.3 Å². The topological polar surface area (TPSA) is 80.3 Å². The second-order valence-corrected chi connectivity index (χ2v) is 8.87. The lowest BCUT2D eigenvalue weighted by atomic mass is 10.1. The minimum atomic E-state index is -0.469. The van der Waals surface area contributed by atoms with E-state index < -0.39 is 5.91 Å². The molecule has 3 aromatic carbocycles. The Hall–Kier alpha value is -3.94. The van der Waals surface area contributed by atoms with E-state index in [4.69, 9.17) is 32.7 Å². The molecule has 0 atom stereocenters. The number of carbonyl (C=O) groups excluding carboxylic acids is 1. The van der Waals surface area contributed by atoms with Gasteiger partial charge in [0.05, 0.1) is 10.7 Å². The lowest BCUT2D eigenvalue weighted by Gasteiger charge is -2.11. The van der Waals surface area contributed by atoms with E-state index in [1.165, 1.54) is 5.56 Å². The third-order valence-corrected chi connectivity index (χ3v) is 6.14. The number of rotatable bonds is 4. The molecule has 6 nitrogen and oxygen atoms in total. The molecule has 1 amide bonds. The Kier molecular flexibility index (Phi) is 6.11. The van der Waals surface area contributed by atoms with Gasteiger partial charge in [-0.2, -0.15) is 0 Å². The second-order valence-electron chi connectivity index (χ2n) is 8.05. The first-order valence-corrected chi connectivity index (χ1v) is 11.6.